The minimum absolute atomic E-state index is 0.0654. The van der Waals surface area contributed by atoms with Gasteiger partial charge in [-0.1, -0.05) is 0 Å². The molecule has 5 heterocycles. The molecule has 1 N–H and O–H groups in total. The summed E-state index contributed by atoms with van der Waals surface area (Å²) in [5.41, 5.74) is 4.78. The third-order valence-electron chi connectivity index (χ3n) is 6.49. The number of fused-ring (bicyclic) bond motifs is 2. The summed E-state index contributed by atoms with van der Waals surface area (Å²) in [5, 5.41) is 3.68. The summed E-state index contributed by atoms with van der Waals surface area (Å²) >= 11 is 0. The molecule has 0 spiro atoms. The van der Waals surface area contributed by atoms with Crippen molar-refractivity contribution in [1.29, 1.82) is 0 Å². The van der Waals surface area contributed by atoms with Crippen molar-refractivity contribution < 1.29 is 4.74 Å². The molecule has 3 aromatic rings. The average Bonchev–Trinajstić information content (AvgIpc) is 2.82. The maximum absolute atomic E-state index is 12.4. The second-order valence-electron chi connectivity index (χ2n) is 8.84. The van der Waals surface area contributed by atoms with Gasteiger partial charge in [0.2, 0.25) is 0 Å². The number of aromatic nitrogens is 4. The highest BCUT2D eigenvalue weighted by Crippen LogP contribution is 2.24. The van der Waals surface area contributed by atoms with Crippen LogP contribution in [0.1, 0.15) is 36.1 Å². The molecule has 0 saturated carbocycles. The summed E-state index contributed by atoms with van der Waals surface area (Å²) in [4.78, 5) is 27.9. The summed E-state index contributed by atoms with van der Waals surface area (Å²) < 4.78 is 7.46. The van der Waals surface area contributed by atoms with Gasteiger partial charge in [0.25, 0.3) is 5.56 Å². The third kappa shape index (κ3) is 4.66. The van der Waals surface area contributed by atoms with Crippen LogP contribution in [0, 0.1) is 6.92 Å². The van der Waals surface area contributed by atoms with Gasteiger partial charge in [0.15, 0.2) is 5.65 Å². The van der Waals surface area contributed by atoms with E-state index in [-0.39, 0.29) is 5.56 Å². The van der Waals surface area contributed by atoms with Gasteiger partial charge in [-0.2, -0.15) is 0 Å². The lowest BCUT2D eigenvalue weighted by molar-refractivity contribution is 0.191. The van der Waals surface area contributed by atoms with E-state index in [4.69, 9.17) is 4.74 Å². The highest BCUT2D eigenvalue weighted by molar-refractivity contribution is 5.70. The van der Waals surface area contributed by atoms with Crippen molar-refractivity contribution in [1.82, 2.24) is 29.7 Å². The molecule has 0 aromatic carbocycles. The van der Waals surface area contributed by atoms with Crippen molar-refractivity contribution in [3.63, 3.8) is 0 Å². The number of hydrogen-bond donors (Lipinski definition) is 1. The van der Waals surface area contributed by atoms with Crippen LogP contribution < -0.4 is 15.6 Å². The lowest BCUT2D eigenvalue weighted by atomic mass is 10.0. The van der Waals surface area contributed by atoms with Crippen molar-refractivity contribution in [3.8, 4) is 5.75 Å². The molecule has 5 rings (SSSR count). The number of aryl methyl sites for hydroxylation is 2. The quantitative estimate of drug-likeness (QED) is 0.636. The number of hydrogen-bond acceptors (Lipinski definition) is 7. The van der Waals surface area contributed by atoms with E-state index in [0.29, 0.717) is 18.2 Å². The molecule has 2 aliphatic heterocycles. The van der Waals surface area contributed by atoms with Crippen LogP contribution in [0.4, 0.5) is 0 Å². The van der Waals surface area contributed by atoms with Gasteiger partial charge in [-0.3, -0.25) is 9.78 Å². The van der Waals surface area contributed by atoms with E-state index in [1.54, 1.807) is 10.8 Å². The summed E-state index contributed by atoms with van der Waals surface area (Å²) in [6, 6.07) is 4.68. The zero-order valence-corrected chi connectivity index (χ0v) is 18.6. The zero-order valence-electron chi connectivity index (χ0n) is 18.6. The Bertz CT molecular complexity index is 1150. The molecule has 2 aliphatic rings. The first-order valence-corrected chi connectivity index (χ1v) is 11.5. The predicted octanol–water partition coefficient (Wildman–Crippen LogP) is 2.07. The van der Waals surface area contributed by atoms with Crippen molar-refractivity contribution in [2.24, 2.45) is 0 Å². The normalized spacial score (nSPS) is 17.3. The summed E-state index contributed by atoms with van der Waals surface area (Å²) in [6.45, 7) is 7.14. The maximum Gasteiger partial charge on any atom is 0.269 e. The molecule has 1 fully saturated rings. The number of nitrogens with one attached hydrogen (secondary N) is 1. The van der Waals surface area contributed by atoms with Gasteiger partial charge in [-0.25, -0.2) is 9.97 Å². The molecule has 3 aromatic heterocycles. The van der Waals surface area contributed by atoms with Crippen molar-refractivity contribution in [2.45, 2.75) is 51.7 Å². The van der Waals surface area contributed by atoms with Gasteiger partial charge in [0, 0.05) is 31.9 Å². The van der Waals surface area contributed by atoms with Gasteiger partial charge in [0.1, 0.15) is 5.75 Å². The van der Waals surface area contributed by atoms with Gasteiger partial charge in [-0.15, -0.1) is 0 Å². The average molecular weight is 435 g/mol. The standard InChI is InChI=1S/C24H30N6O2/c1-17-11-21-24(27-13-17)28-16-23(31)30(21)9-8-29-6-4-19(5-7-29)25-14-20-12-18-3-2-10-32-22(18)15-26-20/h11-13,15-16,19,25H,2-10,14H2,1H3. The second kappa shape index (κ2) is 9.34. The van der Waals surface area contributed by atoms with E-state index >= 15 is 0 Å². The SMILES string of the molecule is Cc1cnc2ncc(=O)n(CCN3CCC(NCc4cc5c(cn4)OCCC5)CC3)c2c1. The first-order chi connectivity index (χ1) is 15.7. The van der Waals surface area contributed by atoms with Crippen LogP contribution in [0.15, 0.2) is 35.5 Å². The van der Waals surface area contributed by atoms with E-state index < -0.39 is 0 Å². The smallest absolute Gasteiger partial charge is 0.269 e. The van der Waals surface area contributed by atoms with Crippen LogP contribution >= 0.6 is 0 Å². The minimum Gasteiger partial charge on any atom is -0.492 e. The van der Waals surface area contributed by atoms with Crippen LogP contribution in [-0.4, -0.2) is 56.7 Å². The van der Waals surface area contributed by atoms with E-state index in [0.717, 1.165) is 81.0 Å². The molecule has 0 atom stereocenters. The summed E-state index contributed by atoms with van der Waals surface area (Å²) in [5.74, 6) is 0.945. The van der Waals surface area contributed by atoms with E-state index in [1.165, 1.54) is 11.8 Å². The maximum atomic E-state index is 12.4. The number of ether oxygens (including phenoxy) is 1. The molecule has 1 saturated heterocycles. The van der Waals surface area contributed by atoms with Crippen LogP contribution in [0.5, 0.6) is 5.75 Å². The lowest BCUT2D eigenvalue weighted by Gasteiger charge is -2.32. The zero-order chi connectivity index (χ0) is 21.9. The van der Waals surface area contributed by atoms with Crippen molar-refractivity contribution in [2.75, 3.05) is 26.2 Å². The van der Waals surface area contributed by atoms with Gasteiger partial charge >= 0.3 is 0 Å². The van der Waals surface area contributed by atoms with Gasteiger partial charge in [-0.05, 0) is 69.0 Å². The molecule has 168 valence electrons. The van der Waals surface area contributed by atoms with Crippen LogP contribution in [0.25, 0.3) is 11.2 Å². The lowest BCUT2D eigenvalue weighted by Crippen LogP contribution is -2.43. The highest BCUT2D eigenvalue weighted by Gasteiger charge is 2.20. The molecule has 0 bridgehead atoms. The molecule has 8 nitrogen and oxygen atoms in total. The Kier molecular flexibility index (Phi) is 6.14. The van der Waals surface area contributed by atoms with Crippen LogP contribution in [0.2, 0.25) is 0 Å². The van der Waals surface area contributed by atoms with Crippen LogP contribution in [-0.2, 0) is 19.5 Å². The molecule has 0 amide bonds. The molecule has 0 radical (unpaired) electrons. The Balaban J connectivity index is 1.13. The van der Waals surface area contributed by atoms with Crippen LogP contribution in [0.3, 0.4) is 0 Å². The van der Waals surface area contributed by atoms with E-state index in [9.17, 15) is 4.79 Å². The molecule has 0 aliphatic carbocycles. The highest BCUT2D eigenvalue weighted by atomic mass is 16.5. The number of rotatable bonds is 6. The number of nitrogens with zero attached hydrogens (tertiary/aromatic N) is 5. The Morgan fingerprint density at radius 1 is 1.09 bits per heavy atom. The first-order valence-electron chi connectivity index (χ1n) is 11.5. The molecule has 32 heavy (non-hydrogen) atoms. The Morgan fingerprint density at radius 3 is 2.81 bits per heavy atom. The molecule has 0 unspecified atom stereocenters. The van der Waals surface area contributed by atoms with E-state index in [1.807, 2.05) is 19.2 Å². The predicted molar refractivity (Wildman–Crippen MR) is 123 cm³/mol. The number of piperidine rings is 1. The fourth-order valence-corrected chi connectivity index (χ4v) is 4.63. The molecular formula is C24H30N6O2. The summed E-state index contributed by atoms with van der Waals surface area (Å²) in [6.07, 6.45) is 9.39. The van der Waals surface area contributed by atoms with Gasteiger partial charge in [0.05, 0.1) is 30.2 Å². The molecule has 8 heteroatoms. The fraction of sp³-hybridized carbons (Fsp3) is 0.500. The summed E-state index contributed by atoms with van der Waals surface area (Å²) in [7, 11) is 0. The van der Waals surface area contributed by atoms with Crippen molar-refractivity contribution >= 4 is 11.2 Å². The number of pyridine rings is 2. The Hall–Kier alpha value is -2.84. The molecular weight excluding hydrogens is 404 g/mol. The topological polar surface area (TPSA) is 85.2 Å². The Morgan fingerprint density at radius 2 is 1.94 bits per heavy atom. The second-order valence-corrected chi connectivity index (χ2v) is 8.84. The van der Waals surface area contributed by atoms with E-state index in [2.05, 4.69) is 31.2 Å². The van der Waals surface area contributed by atoms with Crippen molar-refractivity contribution in [3.05, 3.63) is 57.9 Å². The monoisotopic (exact) mass is 434 g/mol. The fourth-order valence-electron chi connectivity index (χ4n) is 4.63. The largest absolute Gasteiger partial charge is 0.492 e. The third-order valence-corrected chi connectivity index (χ3v) is 6.49. The van der Waals surface area contributed by atoms with Gasteiger partial charge < -0.3 is 19.5 Å². The number of likely N-dealkylation sites (tertiary alicyclic amines) is 1. The Labute approximate surface area is 187 Å². The minimum atomic E-state index is -0.0654. The first kappa shape index (κ1) is 21.0.